The molecule has 0 atom stereocenters. The number of aromatic nitrogens is 3. The van der Waals surface area contributed by atoms with Gasteiger partial charge in [-0.05, 0) is 37.5 Å². The van der Waals surface area contributed by atoms with E-state index < -0.39 is 0 Å². The van der Waals surface area contributed by atoms with Gasteiger partial charge in [-0.15, -0.1) is 0 Å². The molecule has 1 aromatic carbocycles. The van der Waals surface area contributed by atoms with Gasteiger partial charge in [-0.2, -0.15) is 15.0 Å². The molecule has 1 N–H and O–H groups in total. The van der Waals surface area contributed by atoms with Crippen LogP contribution < -0.4 is 0 Å². The van der Waals surface area contributed by atoms with E-state index in [0.717, 1.165) is 24.2 Å². The van der Waals surface area contributed by atoms with Crippen molar-refractivity contribution in [2.75, 3.05) is 6.61 Å². The normalized spacial score (nSPS) is 10.6. The first kappa shape index (κ1) is 10.8. The molecular formula is C12H15N3O. The molecule has 0 amide bonds. The summed E-state index contributed by atoms with van der Waals surface area (Å²) in [5.41, 5.74) is 3.06. The van der Waals surface area contributed by atoms with Crippen LogP contribution in [-0.2, 0) is 6.42 Å². The Morgan fingerprint density at radius 1 is 1.38 bits per heavy atom. The summed E-state index contributed by atoms with van der Waals surface area (Å²) in [5, 5.41) is 17.2. The first-order chi connectivity index (χ1) is 7.79. The molecule has 16 heavy (non-hydrogen) atoms. The van der Waals surface area contributed by atoms with E-state index in [1.807, 2.05) is 19.1 Å². The van der Waals surface area contributed by atoms with Crippen molar-refractivity contribution in [3.63, 3.8) is 0 Å². The van der Waals surface area contributed by atoms with Gasteiger partial charge in [0.25, 0.3) is 0 Å². The molecule has 4 heteroatoms. The van der Waals surface area contributed by atoms with E-state index in [1.165, 1.54) is 5.56 Å². The van der Waals surface area contributed by atoms with Crippen molar-refractivity contribution in [1.82, 2.24) is 15.0 Å². The molecule has 0 saturated heterocycles. The van der Waals surface area contributed by atoms with Gasteiger partial charge in [-0.1, -0.05) is 12.1 Å². The van der Waals surface area contributed by atoms with Crippen LogP contribution in [0.25, 0.3) is 5.69 Å². The third kappa shape index (κ3) is 2.46. The van der Waals surface area contributed by atoms with Gasteiger partial charge in [0.15, 0.2) is 0 Å². The Balaban J connectivity index is 2.22. The second kappa shape index (κ2) is 4.90. The van der Waals surface area contributed by atoms with E-state index in [-0.39, 0.29) is 6.61 Å². The summed E-state index contributed by atoms with van der Waals surface area (Å²) in [5.74, 6) is 0. The van der Waals surface area contributed by atoms with Crippen molar-refractivity contribution in [2.24, 2.45) is 0 Å². The SMILES string of the molecule is Cc1cnn(-c2cccc(CCCO)c2)n1. The molecule has 84 valence electrons. The second-order valence-electron chi connectivity index (χ2n) is 3.77. The van der Waals surface area contributed by atoms with Crippen LogP contribution in [0, 0.1) is 6.92 Å². The highest BCUT2D eigenvalue weighted by molar-refractivity contribution is 5.34. The standard InChI is InChI=1S/C12H15N3O/c1-10-9-13-15(14-10)12-6-2-4-11(8-12)5-3-7-16/h2,4,6,8-9,16H,3,5,7H2,1H3. The van der Waals surface area contributed by atoms with Crippen molar-refractivity contribution in [2.45, 2.75) is 19.8 Å². The zero-order chi connectivity index (χ0) is 11.4. The smallest absolute Gasteiger partial charge is 0.0859 e. The number of aliphatic hydroxyl groups is 1. The minimum atomic E-state index is 0.226. The van der Waals surface area contributed by atoms with E-state index in [2.05, 4.69) is 22.3 Å². The van der Waals surface area contributed by atoms with Crippen molar-refractivity contribution >= 4 is 0 Å². The number of benzene rings is 1. The zero-order valence-corrected chi connectivity index (χ0v) is 9.30. The molecule has 1 heterocycles. The largest absolute Gasteiger partial charge is 0.396 e. The molecule has 0 saturated carbocycles. The second-order valence-corrected chi connectivity index (χ2v) is 3.77. The molecule has 2 rings (SSSR count). The maximum absolute atomic E-state index is 8.79. The molecular weight excluding hydrogens is 202 g/mol. The van der Waals surface area contributed by atoms with Gasteiger partial charge >= 0.3 is 0 Å². The number of aryl methyl sites for hydroxylation is 2. The third-order valence-corrected chi connectivity index (χ3v) is 2.37. The Morgan fingerprint density at radius 2 is 2.25 bits per heavy atom. The molecule has 1 aromatic heterocycles. The van der Waals surface area contributed by atoms with Gasteiger partial charge in [-0.3, -0.25) is 0 Å². The predicted octanol–water partition coefficient (Wildman–Crippen LogP) is 1.50. The van der Waals surface area contributed by atoms with E-state index >= 15 is 0 Å². The molecule has 0 fully saturated rings. The fourth-order valence-corrected chi connectivity index (χ4v) is 1.58. The number of aliphatic hydroxyl groups excluding tert-OH is 1. The molecule has 0 bridgehead atoms. The number of rotatable bonds is 4. The van der Waals surface area contributed by atoms with E-state index in [1.54, 1.807) is 11.0 Å². The highest BCUT2D eigenvalue weighted by Crippen LogP contribution is 2.10. The van der Waals surface area contributed by atoms with Gasteiger partial charge < -0.3 is 5.11 Å². The van der Waals surface area contributed by atoms with Crippen LogP contribution in [0.15, 0.2) is 30.5 Å². The van der Waals surface area contributed by atoms with Crippen molar-refractivity contribution < 1.29 is 5.11 Å². The summed E-state index contributed by atoms with van der Waals surface area (Å²) >= 11 is 0. The van der Waals surface area contributed by atoms with Gasteiger partial charge in [0, 0.05) is 6.61 Å². The molecule has 0 aliphatic heterocycles. The summed E-state index contributed by atoms with van der Waals surface area (Å²) in [6.07, 6.45) is 3.40. The molecule has 2 aromatic rings. The monoisotopic (exact) mass is 217 g/mol. The summed E-state index contributed by atoms with van der Waals surface area (Å²) in [6, 6.07) is 8.06. The highest BCUT2D eigenvalue weighted by atomic mass is 16.2. The molecule has 0 radical (unpaired) electrons. The number of hydrogen-bond donors (Lipinski definition) is 1. The predicted molar refractivity (Wildman–Crippen MR) is 61.5 cm³/mol. The zero-order valence-electron chi connectivity index (χ0n) is 9.30. The van der Waals surface area contributed by atoms with Gasteiger partial charge in [0.05, 0.1) is 17.6 Å². The summed E-state index contributed by atoms with van der Waals surface area (Å²) in [6.45, 7) is 2.14. The Labute approximate surface area is 94.5 Å². The van der Waals surface area contributed by atoms with Crippen LogP contribution in [0.4, 0.5) is 0 Å². The van der Waals surface area contributed by atoms with Gasteiger partial charge in [0.2, 0.25) is 0 Å². The van der Waals surface area contributed by atoms with Crippen LogP contribution >= 0.6 is 0 Å². The van der Waals surface area contributed by atoms with Crippen LogP contribution in [0.1, 0.15) is 17.7 Å². The average molecular weight is 217 g/mol. The maximum Gasteiger partial charge on any atom is 0.0859 e. The van der Waals surface area contributed by atoms with Crippen molar-refractivity contribution in [3.05, 3.63) is 41.7 Å². The first-order valence-electron chi connectivity index (χ1n) is 5.39. The van der Waals surface area contributed by atoms with Crippen LogP contribution in [0.5, 0.6) is 0 Å². The van der Waals surface area contributed by atoms with Gasteiger partial charge in [0.1, 0.15) is 0 Å². The van der Waals surface area contributed by atoms with E-state index in [4.69, 9.17) is 5.11 Å². The lowest BCUT2D eigenvalue weighted by molar-refractivity contribution is 0.288. The fourth-order valence-electron chi connectivity index (χ4n) is 1.58. The van der Waals surface area contributed by atoms with Crippen LogP contribution in [0.3, 0.4) is 0 Å². The minimum Gasteiger partial charge on any atom is -0.396 e. The Kier molecular flexibility index (Phi) is 3.31. The lowest BCUT2D eigenvalue weighted by atomic mass is 10.1. The Hall–Kier alpha value is -1.68. The van der Waals surface area contributed by atoms with Crippen LogP contribution in [-0.4, -0.2) is 26.7 Å². The summed E-state index contributed by atoms with van der Waals surface area (Å²) in [4.78, 5) is 1.62. The fraction of sp³-hybridized carbons (Fsp3) is 0.333. The Bertz CT molecular complexity index is 465. The molecule has 0 aliphatic rings. The summed E-state index contributed by atoms with van der Waals surface area (Å²) < 4.78 is 0. The lowest BCUT2D eigenvalue weighted by Gasteiger charge is -2.03. The van der Waals surface area contributed by atoms with E-state index in [0.29, 0.717) is 0 Å². The molecule has 0 spiro atoms. The summed E-state index contributed by atoms with van der Waals surface area (Å²) in [7, 11) is 0. The molecule has 0 aliphatic carbocycles. The molecule has 4 nitrogen and oxygen atoms in total. The van der Waals surface area contributed by atoms with Gasteiger partial charge in [-0.25, -0.2) is 0 Å². The topological polar surface area (TPSA) is 50.9 Å². The number of nitrogens with zero attached hydrogens (tertiary/aromatic N) is 3. The number of hydrogen-bond acceptors (Lipinski definition) is 3. The minimum absolute atomic E-state index is 0.226. The third-order valence-electron chi connectivity index (χ3n) is 2.37. The quantitative estimate of drug-likeness (QED) is 0.844. The first-order valence-corrected chi connectivity index (χ1v) is 5.39. The van der Waals surface area contributed by atoms with E-state index in [9.17, 15) is 0 Å². The lowest BCUT2D eigenvalue weighted by Crippen LogP contribution is -2.00. The molecule has 0 unspecified atom stereocenters. The van der Waals surface area contributed by atoms with Crippen molar-refractivity contribution in [3.8, 4) is 5.69 Å². The Morgan fingerprint density at radius 3 is 2.94 bits per heavy atom. The van der Waals surface area contributed by atoms with Crippen LogP contribution in [0.2, 0.25) is 0 Å². The maximum atomic E-state index is 8.79. The van der Waals surface area contributed by atoms with Crippen molar-refractivity contribution in [1.29, 1.82) is 0 Å². The highest BCUT2D eigenvalue weighted by Gasteiger charge is 2.01. The average Bonchev–Trinajstić information content (AvgIpc) is 2.74.